The maximum atomic E-state index is 6.39. The Hall–Kier alpha value is 0.259. The first kappa shape index (κ1) is 22.5. The third-order valence-corrected chi connectivity index (χ3v) is 6.42. The summed E-state index contributed by atoms with van der Waals surface area (Å²) in [4.78, 5) is 0. The van der Waals surface area contributed by atoms with Gasteiger partial charge in [-0.05, 0) is 45.6 Å². The van der Waals surface area contributed by atoms with Crippen LogP contribution in [0.2, 0.25) is 45.6 Å². The fraction of sp³-hybridized carbons (Fsp3) is 1.00. The molecular formula is C17H37BO6Si2. The average molecular weight is 404 g/mol. The summed E-state index contributed by atoms with van der Waals surface area (Å²) in [7, 11) is -2.00. The zero-order valence-electron chi connectivity index (χ0n) is 17.7. The van der Waals surface area contributed by atoms with Crippen LogP contribution in [0.4, 0.5) is 0 Å². The van der Waals surface area contributed by atoms with E-state index >= 15 is 0 Å². The van der Waals surface area contributed by atoms with Gasteiger partial charge < -0.3 is 27.6 Å². The van der Waals surface area contributed by atoms with Gasteiger partial charge in [-0.1, -0.05) is 19.8 Å². The largest absolute Gasteiger partial charge is 0.457 e. The van der Waals surface area contributed by atoms with Gasteiger partial charge in [0.25, 0.3) is 0 Å². The van der Waals surface area contributed by atoms with Crippen molar-refractivity contribution in [3.8, 4) is 0 Å². The summed E-state index contributed by atoms with van der Waals surface area (Å²) in [6.07, 6.45) is 1.78. The second-order valence-corrected chi connectivity index (χ2v) is 18.1. The molecule has 0 radical (unpaired) electrons. The van der Waals surface area contributed by atoms with Crippen molar-refractivity contribution >= 4 is 23.8 Å². The van der Waals surface area contributed by atoms with Gasteiger partial charge >= 0.3 is 7.12 Å². The van der Waals surface area contributed by atoms with E-state index in [0.717, 1.165) is 19.2 Å². The highest BCUT2D eigenvalue weighted by molar-refractivity contribution is 6.70. The molecule has 2 saturated heterocycles. The van der Waals surface area contributed by atoms with Gasteiger partial charge in [0.1, 0.15) is 12.2 Å². The smallest absolute Gasteiger partial charge is 0.415 e. The van der Waals surface area contributed by atoms with E-state index in [9.17, 15) is 0 Å². The van der Waals surface area contributed by atoms with Crippen molar-refractivity contribution in [3.05, 3.63) is 0 Å². The Labute approximate surface area is 161 Å². The van der Waals surface area contributed by atoms with Crippen LogP contribution in [0.1, 0.15) is 19.8 Å². The molecule has 0 aromatic carbocycles. The fourth-order valence-electron chi connectivity index (χ4n) is 3.28. The molecule has 0 unspecified atom stereocenters. The van der Waals surface area contributed by atoms with Crippen LogP contribution >= 0.6 is 0 Å². The summed E-state index contributed by atoms with van der Waals surface area (Å²) >= 11 is 0. The fourth-order valence-corrected chi connectivity index (χ4v) is 5.00. The molecular weight excluding hydrogens is 367 g/mol. The zero-order valence-corrected chi connectivity index (χ0v) is 19.7. The van der Waals surface area contributed by atoms with Crippen LogP contribution in [0, 0.1) is 0 Å². The highest BCUT2D eigenvalue weighted by Gasteiger charge is 2.55. The Morgan fingerprint density at radius 2 is 1.62 bits per heavy atom. The Balaban J connectivity index is 2.16. The maximum absolute atomic E-state index is 6.39. The van der Waals surface area contributed by atoms with Crippen molar-refractivity contribution in [2.45, 2.75) is 96.1 Å². The van der Waals surface area contributed by atoms with Gasteiger partial charge in [-0.25, -0.2) is 0 Å². The van der Waals surface area contributed by atoms with Gasteiger partial charge in [-0.15, -0.1) is 0 Å². The van der Waals surface area contributed by atoms with E-state index in [1.165, 1.54) is 0 Å². The first-order chi connectivity index (χ1) is 12.0. The first-order valence-electron chi connectivity index (χ1n) is 9.85. The molecule has 2 rings (SSSR count). The van der Waals surface area contributed by atoms with E-state index in [1.54, 1.807) is 7.11 Å². The molecule has 0 amide bonds. The molecule has 5 atom stereocenters. The number of unbranched alkanes of at least 4 members (excludes halogenated alkanes) is 1. The van der Waals surface area contributed by atoms with Crippen molar-refractivity contribution < 1.29 is 27.6 Å². The molecule has 9 heteroatoms. The predicted molar refractivity (Wildman–Crippen MR) is 108 cm³/mol. The number of ether oxygens (including phenoxy) is 2. The van der Waals surface area contributed by atoms with Crippen LogP contribution in [0.3, 0.4) is 0 Å². The van der Waals surface area contributed by atoms with Crippen molar-refractivity contribution in [1.29, 1.82) is 0 Å². The summed E-state index contributed by atoms with van der Waals surface area (Å²) in [6.45, 7) is 15.7. The number of rotatable bonds is 9. The molecule has 2 heterocycles. The summed E-state index contributed by atoms with van der Waals surface area (Å²) in [6, 6.07) is 0. The number of fused-ring (bicyclic) bond motifs is 1. The second kappa shape index (κ2) is 9.17. The van der Waals surface area contributed by atoms with Gasteiger partial charge in [0.15, 0.2) is 22.9 Å². The van der Waals surface area contributed by atoms with E-state index in [2.05, 4.69) is 46.2 Å². The molecule has 0 aliphatic carbocycles. The van der Waals surface area contributed by atoms with Crippen molar-refractivity contribution in [2.75, 3.05) is 13.7 Å². The van der Waals surface area contributed by atoms with Crippen molar-refractivity contribution in [2.24, 2.45) is 0 Å². The molecule has 2 aliphatic rings. The van der Waals surface area contributed by atoms with E-state index in [0.29, 0.717) is 6.61 Å². The minimum Gasteiger partial charge on any atom is -0.415 e. The number of methoxy groups -OCH3 is 1. The van der Waals surface area contributed by atoms with Crippen LogP contribution in [-0.2, 0) is 27.6 Å². The summed E-state index contributed by atoms with van der Waals surface area (Å²) in [5, 5.41) is 0. The van der Waals surface area contributed by atoms with Crippen LogP contribution in [0.25, 0.3) is 0 Å². The third-order valence-electron chi connectivity index (χ3n) is 4.40. The van der Waals surface area contributed by atoms with Crippen molar-refractivity contribution in [1.82, 2.24) is 0 Å². The Morgan fingerprint density at radius 1 is 0.962 bits per heavy atom. The summed E-state index contributed by atoms with van der Waals surface area (Å²) < 4.78 is 36.9. The van der Waals surface area contributed by atoms with Gasteiger partial charge in [-0.3, -0.25) is 0 Å². The number of hydrogen-bond donors (Lipinski definition) is 0. The third kappa shape index (κ3) is 6.41. The van der Waals surface area contributed by atoms with E-state index in [4.69, 9.17) is 27.6 Å². The maximum Gasteiger partial charge on any atom is 0.457 e. The molecule has 0 aromatic rings. The Kier molecular flexibility index (Phi) is 7.95. The van der Waals surface area contributed by atoms with E-state index < -0.39 is 22.9 Å². The van der Waals surface area contributed by atoms with E-state index in [-0.39, 0.29) is 31.5 Å². The molecule has 0 N–H and O–H groups in total. The zero-order chi connectivity index (χ0) is 19.5. The molecule has 0 saturated carbocycles. The molecule has 0 spiro atoms. The predicted octanol–water partition coefficient (Wildman–Crippen LogP) is 3.50. The summed E-state index contributed by atoms with van der Waals surface area (Å²) in [5.74, 6) is 0. The first-order valence-corrected chi connectivity index (χ1v) is 16.7. The second-order valence-electron chi connectivity index (χ2n) is 9.17. The monoisotopic (exact) mass is 404 g/mol. The topological polar surface area (TPSA) is 55.4 Å². The minimum atomic E-state index is -1.80. The summed E-state index contributed by atoms with van der Waals surface area (Å²) in [5.41, 5.74) is 0. The lowest BCUT2D eigenvalue weighted by Gasteiger charge is -2.44. The van der Waals surface area contributed by atoms with Crippen LogP contribution in [0.15, 0.2) is 0 Å². The lowest BCUT2D eigenvalue weighted by Crippen LogP contribution is -2.61. The SMILES string of the molecule is CCCCB1O[C@H]2[C@@H](O1)[C@@H](CO[Si](C)(C)C)O[C@@H](OC)[C@@H]2O[Si](C)(C)C. The lowest BCUT2D eigenvalue weighted by atomic mass is 9.83. The molecule has 26 heavy (non-hydrogen) atoms. The number of hydrogen-bond acceptors (Lipinski definition) is 6. The minimum absolute atomic E-state index is 0.180. The molecule has 2 aliphatic heterocycles. The van der Waals surface area contributed by atoms with Gasteiger partial charge in [0.2, 0.25) is 0 Å². The normalized spacial score (nSPS) is 32.8. The molecule has 0 aromatic heterocycles. The lowest BCUT2D eigenvalue weighted by molar-refractivity contribution is -0.269. The van der Waals surface area contributed by atoms with Gasteiger partial charge in [-0.2, -0.15) is 0 Å². The Bertz CT molecular complexity index is 442. The molecule has 152 valence electrons. The quantitative estimate of drug-likeness (QED) is 0.549. The van der Waals surface area contributed by atoms with Crippen LogP contribution in [0.5, 0.6) is 0 Å². The van der Waals surface area contributed by atoms with Gasteiger partial charge in [0.05, 0.1) is 18.8 Å². The molecule has 6 nitrogen and oxygen atoms in total. The highest BCUT2D eigenvalue weighted by Crippen LogP contribution is 2.36. The Morgan fingerprint density at radius 3 is 2.15 bits per heavy atom. The molecule has 2 fully saturated rings. The highest BCUT2D eigenvalue weighted by atomic mass is 28.4. The van der Waals surface area contributed by atoms with Crippen LogP contribution in [-0.4, -0.2) is 68.2 Å². The standard InChI is InChI=1S/C17H37BO6Si2/c1-9-10-11-18-22-14-13(12-20-25(3,4)5)21-17(19-2)16(15(14)23-18)24-26(6,7)8/h13-17H,9-12H2,1-8H3/t13-,14+,15+,16-,17-/m1/s1. The van der Waals surface area contributed by atoms with Crippen molar-refractivity contribution in [3.63, 3.8) is 0 Å². The molecule has 0 bridgehead atoms. The van der Waals surface area contributed by atoms with Gasteiger partial charge in [0, 0.05) is 7.11 Å². The van der Waals surface area contributed by atoms with Crippen LogP contribution < -0.4 is 0 Å². The average Bonchev–Trinajstić information content (AvgIpc) is 2.94. The van der Waals surface area contributed by atoms with E-state index in [1.807, 2.05) is 0 Å².